The summed E-state index contributed by atoms with van der Waals surface area (Å²) >= 11 is -2.42. The molecule has 2 aromatic rings. The molecule has 3 rings (SSSR count). The molecule has 0 bridgehead atoms. The average molecular weight is 441 g/mol. The van der Waals surface area contributed by atoms with Crippen molar-refractivity contribution in [3.63, 3.8) is 0 Å². The number of esters is 1. The first-order chi connectivity index (χ1) is 14.0. The molecule has 7 nitrogen and oxygen atoms in total. The monoisotopic (exact) mass is 441 g/mol. The molecule has 11 heteroatoms. The van der Waals surface area contributed by atoms with E-state index in [-0.39, 0.29) is 28.2 Å². The zero-order valence-electron chi connectivity index (χ0n) is 15.3. The molecule has 158 valence electrons. The quantitative estimate of drug-likeness (QED) is 0.539. The van der Waals surface area contributed by atoms with Gasteiger partial charge in [0, 0.05) is 24.1 Å². The van der Waals surface area contributed by atoms with E-state index in [4.69, 9.17) is 14.7 Å². The Balaban J connectivity index is 2.18. The van der Waals surface area contributed by atoms with Crippen LogP contribution in [0.5, 0.6) is 11.5 Å². The summed E-state index contributed by atoms with van der Waals surface area (Å²) in [6, 6.07) is 7.10. The molecule has 3 atom stereocenters. The molecule has 0 amide bonds. The summed E-state index contributed by atoms with van der Waals surface area (Å²) in [6.45, 7) is 0.904. The Morgan fingerprint density at radius 3 is 2.60 bits per heavy atom. The smallest absolute Gasteiger partial charge is 0.317 e. The van der Waals surface area contributed by atoms with Crippen molar-refractivity contribution in [3.05, 3.63) is 58.4 Å². The minimum atomic E-state index is -3.96. The van der Waals surface area contributed by atoms with Gasteiger partial charge in [0.25, 0.3) is 0 Å². The topological polar surface area (TPSA) is 117 Å². The summed E-state index contributed by atoms with van der Waals surface area (Å²) in [6.07, 6.45) is -4.69. The lowest BCUT2D eigenvalue weighted by Gasteiger charge is -2.22. The normalized spacial score (nSPS) is 20.2. The SMILES string of the molecule is CC(=O)O[C@H]1c2c(CS(=O)O)ccc(Oc3cc(F)cc(C#N)c3)c2[C@H](O)C1(F)F. The fourth-order valence-electron chi connectivity index (χ4n) is 3.25. The van der Waals surface area contributed by atoms with Crippen molar-refractivity contribution in [2.45, 2.75) is 30.8 Å². The second-order valence-corrected chi connectivity index (χ2v) is 7.40. The van der Waals surface area contributed by atoms with Crippen LogP contribution < -0.4 is 4.74 Å². The maximum Gasteiger partial charge on any atom is 0.317 e. The van der Waals surface area contributed by atoms with Crippen LogP contribution in [0.15, 0.2) is 30.3 Å². The van der Waals surface area contributed by atoms with Gasteiger partial charge in [-0.05, 0) is 23.8 Å². The van der Waals surface area contributed by atoms with E-state index in [1.54, 1.807) is 6.07 Å². The van der Waals surface area contributed by atoms with Crippen molar-refractivity contribution < 1.29 is 41.3 Å². The van der Waals surface area contributed by atoms with Gasteiger partial charge in [0.15, 0.2) is 23.3 Å². The predicted octanol–water partition coefficient (Wildman–Crippen LogP) is 3.50. The van der Waals surface area contributed by atoms with Gasteiger partial charge in [-0.15, -0.1) is 0 Å². The number of alkyl halides is 2. The van der Waals surface area contributed by atoms with Crippen LogP contribution >= 0.6 is 0 Å². The van der Waals surface area contributed by atoms with Gasteiger partial charge >= 0.3 is 11.9 Å². The van der Waals surface area contributed by atoms with E-state index in [9.17, 15) is 31.8 Å². The van der Waals surface area contributed by atoms with E-state index in [1.807, 2.05) is 0 Å². The Morgan fingerprint density at radius 1 is 1.30 bits per heavy atom. The molecule has 0 aliphatic heterocycles. The first-order valence-corrected chi connectivity index (χ1v) is 9.67. The van der Waals surface area contributed by atoms with Crippen LogP contribution in [0.4, 0.5) is 13.2 Å². The van der Waals surface area contributed by atoms with Crippen molar-refractivity contribution in [1.29, 1.82) is 5.26 Å². The number of halogens is 3. The molecule has 0 heterocycles. The molecule has 1 aliphatic carbocycles. The highest BCUT2D eigenvalue weighted by atomic mass is 32.2. The number of benzene rings is 2. The molecule has 0 saturated carbocycles. The van der Waals surface area contributed by atoms with E-state index in [2.05, 4.69) is 0 Å². The number of ether oxygens (including phenoxy) is 2. The molecule has 0 saturated heterocycles. The number of nitrogens with zero attached hydrogens (tertiary/aromatic N) is 1. The van der Waals surface area contributed by atoms with Crippen LogP contribution in [0.25, 0.3) is 0 Å². The highest BCUT2D eigenvalue weighted by Crippen LogP contribution is 2.56. The van der Waals surface area contributed by atoms with Crippen molar-refractivity contribution in [1.82, 2.24) is 0 Å². The maximum absolute atomic E-state index is 14.8. The van der Waals surface area contributed by atoms with Gasteiger partial charge in [-0.3, -0.25) is 4.79 Å². The van der Waals surface area contributed by atoms with E-state index in [1.165, 1.54) is 6.07 Å². The Morgan fingerprint density at radius 2 is 2.00 bits per heavy atom. The first kappa shape index (κ1) is 21.8. The number of hydrogen-bond donors (Lipinski definition) is 2. The first-order valence-electron chi connectivity index (χ1n) is 8.39. The van der Waals surface area contributed by atoms with E-state index in [0.717, 1.165) is 31.2 Å². The number of carbonyl (C=O) groups is 1. The van der Waals surface area contributed by atoms with Crippen LogP contribution in [0, 0.1) is 17.1 Å². The van der Waals surface area contributed by atoms with Crippen molar-refractivity contribution in [3.8, 4) is 17.6 Å². The van der Waals surface area contributed by atoms with Gasteiger partial charge in [-0.25, -0.2) is 8.60 Å². The minimum absolute atomic E-state index is 0.0578. The molecule has 1 aliphatic rings. The summed E-state index contributed by atoms with van der Waals surface area (Å²) in [4.78, 5) is 11.4. The lowest BCUT2D eigenvalue weighted by molar-refractivity contribution is -0.193. The lowest BCUT2D eigenvalue weighted by Crippen LogP contribution is -2.30. The third-order valence-corrected chi connectivity index (χ3v) is 4.94. The van der Waals surface area contributed by atoms with Gasteiger partial charge < -0.3 is 19.1 Å². The van der Waals surface area contributed by atoms with E-state index in [0.29, 0.717) is 0 Å². The van der Waals surface area contributed by atoms with Gasteiger partial charge in [-0.1, -0.05) is 6.07 Å². The Hall–Kier alpha value is -2.94. The second kappa shape index (κ2) is 8.06. The zero-order valence-corrected chi connectivity index (χ0v) is 16.1. The Labute approximate surface area is 170 Å². The third-order valence-electron chi connectivity index (χ3n) is 4.38. The number of aliphatic hydroxyl groups is 1. The Bertz CT molecular complexity index is 1080. The molecular formula is C19H14F3NO6S. The largest absolute Gasteiger partial charge is 0.457 e. The van der Waals surface area contributed by atoms with Crippen LogP contribution in [0.1, 0.15) is 41.4 Å². The lowest BCUT2D eigenvalue weighted by atomic mass is 10.0. The summed E-state index contributed by atoms with van der Waals surface area (Å²) in [5.41, 5.74) is -0.966. The van der Waals surface area contributed by atoms with Crippen molar-refractivity contribution >= 4 is 17.0 Å². The maximum atomic E-state index is 14.8. The van der Waals surface area contributed by atoms with Crippen LogP contribution in [-0.2, 0) is 26.4 Å². The standard InChI is InChI=1S/C19H14F3NO6S/c1-9(24)28-18-15-11(8-30(26)27)2-3-14(16(15)17(25)19(18,21)22)29-13-5-10(7-23)4-12(20)6-13/h2-6,17-18,25H,8H2,1H3,(H,26,27)/t17-,18-/m0/s1. The predicted molar refractivity (Wildman–Crippen MR) is 96.5 cm³/mol. The van der Waals surface area contributed by atoms with Crippen LogP contribution in [-0.4, -0.2) is 25.8 Å². The zero-order chi connectivity index (χ0) is 22.2. The molecule has 2 N–H and O–H groups in total. The number of carbonyl (C=O) groups excluding carboxylic acids is 1. The van der Waals surface area contributed by atoms with Crippen molar-refractivity contribution in [2.24, 2.45) is 0 Å². The van der Waals surface area contributed by atoms with Crippen molar-refractivity contribution in [2.75, 3.05) is 0 Å². The minimum Gasteiger partial charge on any atom is -0.457 e. The molecular weight excluding hydrogens is 427 g/mol. The second-order valence-electron chi connectivity index (χ2n) is 6.47. The number of rotatable bonds is 5. The fraction of sp³-hybridized carbons (Fsp3) is 0.263. The Kier molecular flexibility index (Phi) is 5.85. The summed E-state index contributed by atoms with van der Waals surface area (Å²) < 4.78 is 73.8. The van der Waals surface area contributed by atoms with Crippen LogP contribution in [0.3, 0.4) is 0 Å². The molecule has 0 fully saturated rings. The third kappa shape index (κ3) is 4.02. The molecule has 0 radical (unpaired) electrons. The van der Waals surface area contributed by atoms with Gasteiger partial charge in [0.1, 0.15) is 17.3 Å². The fourth-order valence-corrected chi connectivity index (χ4v) is 3.76. The average Bonchev–Trinajstić information content (AvgIpc) is 2.84. The number of fused-ring (bicyclic) bond motifs is 1. The number of nitriles is 1. The molecule has 1 unspecified atom stereocenters. The highest BCUT2D eigenvalue weighted by molar-refractivity contribution is 7.78. The van der Waals surface area contributed by atoms with E-state index >= 15 is 0 Å². The van der Waals surface area contributed by atoms with Gasteiger partial charge in [0.05, 0.1) is 17.4 Å². The summed E-state index contributed by atoms with van der Waals surface area (Å²) in [5.74, 6) is -6.89. The van der Waals surface area contributed by atoms with Crippen LogP contribution in [0.2, 0.25) is 0 Å². The molecule has 2 aromatic carbocycles. The number of hydrogen-bond acceptors (Lipinski definition) is 6. The highest BCUT2D eigenvalue weighted by Gasteiger charge is 2.59. The molecule has 30 heavy (non-hydrogen) atoms. The molecule has 0 aromatic heterocycles. The number of aliphatic hydroxyl groups excluding tert-OH is 1. The summed E-state index contributed by atoms with van der Waals surface area (Å²) in [5, 5.41) is 19.2. The summed E-state index contributed by atoms with van der Waals surface area (Å²) in [7, 11) is 0. The molecule has 0 spiro atoms. The van der Waals surface area contributed by atoms with Gasteiger partial charge in [-0.2, -0.15) is 14.0 Å². The van der Waals surface area contributed by atoms with E-state index < -0.39 is 52.3 Å². The van der Waals surface area contributed by atoms with Gasteiger partial charge in [0.2, 0.25) is 0 Å².